The van der Waals surface area contributed by atoms with Crippen molar-refractivity contribution in [3.8, 4) is 11.5 Å². The van der Waals surface area contributed by atoms with Crippen LogP contribution in [0, 0.1) is 5.92 Å². The summed E-state index contributed by atoms with van der Waals surface area (Å²) in [5.74, 6) is 0.760. The summed E-state index contributed by atoms with van der Waals surface area (Å²) in [6.07, 6.45) is 0. The summed E-state index contributed by atoms with van der Waals surface area (Å²) >= 11 is 5.40. The van der Waals surface area contributed by atoms with Crippen molar-refractivity contribution in [2.45, 2.75) is 13.0 Å². The van der Waals surface area contributed by atoms with Gasteiger partial charge in [-0.2, -0.15) is 0 Å². The zero-order valence-electron chi connectivity index (χ0n) is 14.7. The minimum atomic E-state index is -0.369. The van der Waals surface area contributed by atoms with Gasteiger partial charge < -0.3 is 29.5 Å². The number of ether oxygens (including phenoxy) is 3. The van der Waals surface area contributed by atoms with Crippen LogP contribution in [0.3, 0.4) is 0 Å². The second kappa shape index (κ2) is 8.87. The number of hydrogen-bond donors (Lipinski definition) is 2. The van der Waals surface area contributed by atoms with Gasteiger partial charge in [-0.1, -0.05) is 12.1 Å². The van der Waals surface area contributed by atoms with Crippen molar-refractivity contribution in [3.05, 3.63) is 23.8 Å². The molecule has 1 aliphatic heterocycles. The molecule has 0 saturated carbocycles. The maximum Gasteiger partial charge on any atom is 0.325 e. The molecule has 2 N–H and O–H groups in total. The predicted molar refractivity (Wildman–Crippen MR) is 96.8 cm³/mol. The van der Waals surface area contributed by atoms with Gasteiger partial charge in [0.05, 0.1) is 33.0 Å². The van der Waals surface area contributed by atoms with Gasteiger partial charge in [0.2, 0.25) is 0 Å². The first kappa shape index (κ1) is 19.3. The molecule has 0 spiro atoms. The molecule has 2 atom stereocenters. The van der Waals surface area contributed by atoms with Crippen molar-refractivity contribution < 1.29 is 24.1 Å². The average Bonchev–Trinajstić information content (AvgIpc) is 2.64. The van der Waals surface area contributed by atoms with Crippen LogP contribution < -0.4 is 14.8 Å². The Bertz CT molecular complexity index is 625. The summed E-state index contributed by atoms with van der Waals surface area (Å²) in [4.78, 5) is 13.3. The smallest absolute Gasteiger partial charge is 0.325 e. The van der Waals surface area contributed by atoms with Gasteiger partial charge >= 0.3 is 5.97 Å². The Kier molecular flexibility index (Phi) is 6.83. The molecule has 1 aromatic carbocycles. The van der Waals surface area contributed by atoms with Crippen molar-refractivity contribution >= 4 is 23.3 Å². The fraction of sp³-hybridized carbons (Fsp3) is 0.529. The van der Waals surface area contributed by atoms with Crippen molar-refractivity contribution in [2.75, 3.05) is 40.5 Å². The van der Waals surface area contributed by atoms with Crippen molar-refractivity contribution in [3.63, 3.8) is 0 Å². The summed E-state index contributed by atoms with van der Waals surface area (Å²) in [5, 5.41) is 13.0. The van der Waals surface area contributed by atoms with E-state index >= 15 is 0 Å². The summed E-state index contributed by atoms with van der Waals surface area (Å²) in [7, 11) is 3.41. The summed E-state index contributed by atoms with van der Waals surface area (Å²) in [5.41, 5.74) is 0.882. The quantitative estimate of drug-likeness (QED) is 0.571. The van der Waals surface area contributed by atoms with E-state index in [0.717, 1.165) is 5.56 Å². The molecule has 0 radical (unpaired) electrons. The minimum absolute atomic E-state index is 0.00497. The second-order valence-corrected chi connectivity index (χ2v) is 6.04. The number of aliphatic hydroxyl groups excluding tert-OH is 1. The van der Waals surface area contributed by atoms with Gasteiger partial charge in [0.25, 0.3) is 0 Å². The van der Waals surface area contributed by atoms with E-state index in [4.69, 9.17) is 26.4 Å². The molecule has 0 aromatic heterocycles. The van der Waals surface area contributed by atoms with E-state index in [1.807, 2.05) is 30.1 Å². The Morgan fingerprint density at radius 2 is 2.28 bits per heavy atom. The van der Waals surface area contributed by atoms with Crippen LogP contribution in [0.1, 0.15) is 18.5 Å². The number of carbonyl (C=O) groups is 1. The summed E-state index contributed by atoms with van der Waals surface area (Å²) in [6.45, 7) is 2.36. The molecule has 2 rings (SSSR count). The minimum Gasteiger partial charge on any atom is -0.493 e. The number of benzene rings is 1. The highest BCUT2D eigenvalue weighted by atomic mass is 32.1. The van der Waals surface area contributed by atoms with Gasteiger partial charge in [-0.15, -0.1) is 0 Å². The van der Waals surface area contributed by atoms with Crippen molar-refractivity contribution in [2.24, 2.45) is 5.92 Å². The lowest BCUT2D eigenvalue weighted by Crippen LogP contribution is -2.46. The molecular weight excluding hydrogens is 344 g/mol. The average molecular weight is 368 g/mol. The number of hydrogen-bond acceptors (Lipinski definition) is 6. The number of methoxy groups -OCH3 is 1. The molecule has 1 aliphatic rings. The standard InChI is InChI=1S/C17H24N2O5S/c1-4-23-14(21)8-18-17(25)19(2)15-11(9-20)10-24-16-12(15)6-5-7-13(16)22-3/h5-7,11,15,20H,4,8-10H2,1-3H3,(H,18,25). The Morgan fingerprint density at radius 1 is 1.52 bits per heavy atom. The first-order chi connectivity index (χ1) is 12.0. The molecule has 2 unspecified atom stereocenters. The normalized spacial score (nSPS) is 18.6. The Labute approximate surface area is 152 Å². The van der Waals surface area contributed by atoms with Crippen LogP contribution in [0.5, 0.6) is 11.5 Å². The number of thiocarbonyl (C=S) groups is 1. The Balaban J connectivity index is 2.20. The summed E-state index contributed by atoms with van der Waals surface area (Å²) in [6, 6.07) is 5.42. The zero-order chi connectivity index (χ0) is 18.4. The largest absolute Gasteiger partial charge is 0.493 e. The fourth-order valence-corrected chi connectivity index (χ4v) is 3.09. The van der Waals surface area contributed by atoms with E-state index in [2.05, 4.69) is 5.32 Å². The first-order valence-electron chi connectivity index (χ1n) is 8.10. The van der Waals surface area contributed by atoms with Crippen LogP contribution in [-0.2, 0) is 9.53 Å². The molecule has 0 saturated heterocycles. The highest BCUT2D eigenvalue weighted by molar-refractivity contribution is 7.80. The lowest BCUT2D eigenvalue weighted by atomic mass is 9.90. The second-order valence-electron chi connectivity index (χ2n) is 5.65. The topological polar surface area (TPSA) is 80.3 Å². The predicted octanol–water partition coefficient (Wildman–Crippen LogP) is 1.11. The van der Waals surface area contributed by atoms with Gasteiger partial charge in [-0.25, -0.2) is 0 Å². The van der Waals surface area contributed by atoms with Crippen LogP contribution in [0.25, 0.3) is 0 Å². The third-order valence-electron chi connectivity index (χ3n) is 4.10. The maximum absolute atomic E-state index is 11.5. The van der Waals surface area contributed by atoms with Gasteiger partial charge in [-0.05, 0) is 25.2 Å². The van der Waals surface area contributed by atoms with E-state index in [1.54, 1.807) is 14.0 Å². The number of nitrogens with zero attached hydrogens (tertiary/aromatic N) is 1. The monoisotopic (exact) mass is 368 g/mol. The van der Waals surface area contributed by atoms with Gasteiger partial charge in [0.1, 0.15) is 6.54 Å². The van der Waals surface area contributed by atoms with E-state index in [9.17, 15) is 9.90 Å². The highest BCUT2D eigenvalue weighted by Crippen LogP contribution is 2.43. The number of para-hydroxylation sites is 1. The van der Waals surface area contributed by atoms with E-state index < -0.39 is 0 Å². The van der Waals surface area contributed by atoms with E-state index in [-0.39, 0.29) is 31.1 Å². The third-order valence-corrected chi connectivity index (χ3v) is 4.53. The number of esters is 1. The molecule has 25 heavy (non-hydrogen) atoms. The van der Waals surface area contributed by atoms with Crippen LogP contribution in [0.4, 0.5) is 0 Å². The number of nitrogens with one attached hydrogen (secondary N) is 1. The number of fused-ring (bicyclic) bond motifs is 1. The van der Waals surface area contributed by atoms with Crippen LogP contribution in [0.15, 0.2) is 18.2 Å². The van der Waals surface area contributed by atoms with Crippen molar-refractivity contribution in [1.29, 1.82) is 0 Å². The molecule has 0 fully saturated rings. The summed E-state index contributed by atoms with van der Waals surface area (Å²) < 4.78 is 16.0. The molecule has 0 aliphatic carbocycles. The first-order valence-corrected chi connectivity index (χ1v) is 8.51. The van der Waals surface area contributed by atoms with Gasteiger partial charge in [-0.3, -0.25) is 4.79 Å². The number of rotatable bonds is 6. The van der Waals surface area contributed by atoms with Crippen molar-refractivity contribution in [1.82, 2.24) is 10.2 Å². The molecule has 0 amide bonds. The molecule has 8 heteroatoms. The third kappa shape index (κ3) is 4.32. The van der Waals surface area contributed by atoms with Gasteiger partial charge in [0.15, 0.2) is 16.6 Å². The molecule has 1 heterocycles. The lowest BCUT2D eigenvalue weighted by molar-refractivity contribution is -0.141. The molecular formula is C17H24N2O5S. The van der Waals surface area contributed by atoms with Gasteiger partial charge in [0, 0.05) is 18.5 Å². The molecule has 0 bridgehead atoms. The van der Waals surface area contributed by atoms with E-state index in [0.29, 0.717) is 29.8 Å². The number of aliphatic hydroxyl groups is 1. The van der Waals surface area contributed by atoms with Crippen LogP contribution in [-0.4, -0.2) is 61.6 Å². The number of carbonyl (C=O) groups excluding carboxylic acids is 1. The highest BCUT2D eigenvalue weighted by Gasteiger charge is 2.36. The van der Waals surface area contributed by atoms with E-state index in [1.165, 1.54) is 0 Å². The molecule has 1 aromatic rings. The molecule has 138 valence electrons. The lowest BCUT2D eigenvalue weighted by Gasteiger charge is -2.39. The zero-order valence-corrected chi connectivity index (χ0v) is 15.5. The Morgan fingerprint density at radius 3 is 2.92 bits per heavy atom. The molecule has 7 nitrogen and oxygen atoms in total. The fourth-order valence-electron chi connectivity index (χ4n) is 2.90. The van der Waals surface area contributed by atoms with Crippen LogP contribution >= 0.6 is 12.2 Å². The van der Waals surface area contributed by atoms with Crippen LogP contribution in [0.2, 0.25) is 0 Å². The maximum atomic E-state index is 11.5. The Hall–Kier alpha value is -2.06. The SMILES string of the molecule is CCOC(=O)CNC(=S)N(C)C1c2cccc(OC)c2OCC1CO.